The Morgan fingerprint density at radius 2 is 1.77 bits per heavy atom. The van der Waals surface area contributed by atoms with Crippen LogP contribution in [0.3, 0.4) is 0 Å². The van der Waals surface area contributed by atoms with Crippen LogP contribution in [0.4, 0.5) is 16.3 Å². The van der Waals surface area contributed by atoms with E-state index in [0.29, 0.717) is 35.6 Å². The molecule has 0 atom stereocenters. The van der Waals surface area contributed by atoms with Crippen molar-refractivity contribution < 1.29 is 19.1 Å². The van der Waals surface area contributed by atoms with Crippen LogP contribution in [0.2, 0.25) is 0 Å². The first-order chi connectivity index (χ1) is 21.3. The number of pyridine rings is 1. The van der Waals surface area contributed by atoms with Gasteiger partial charge in [-0.25, -0.2) is 14.8 Å². The van der Waals surface area contributed by atoms with Gasteiger partial charge < -0.3 is 26.1 Å². The molecule has 44 heavy (non-hydrogen) atoms. The molecular weight excluding hydrogens is 560 g/mol. The molecule has 0 spiro atoms. The van der Waals surface area contributed by atoms with E-state index in [0.717, 1.165) is 42.7 Å². The van der Waals surface area contributed by atoms with Crippen LogP contribution in [0.25, 0.3) is 11.0 Å². The van der Waals surface area contributed by atoms with E-state index >= 15 is 0 Å². The average molecular weight is 599 g/mol. The molecule has 4 aromatic rings. The molecule has 230 valence electrons. The minimum absolute atomic E-state index is 0.00999. The molecular formula is C32H38N8O4. The van der Waals surface area contributed by atoms with Crippen LogP contribution in [0.15, 0.2) is 71.9 Å². The van der Waals surface area contributed by atoms with Crippen molar-refractivity contribution in [2.75, 3.05) is 23.4 Å². The average Bonchev–Trinajstić information content (AvgIpc) is 3.34. The molecule has 0 bridgehead atoms. The van der Waals surface area contributed by atoms with Crippen LogP contribution < -0.4 is 21.7 Å². The molecule has 0 saturated heterocycles. The molecule has 5 N–H and O–H groups in total. The lowest BCUT2D eigenvalue weighted by atomic mass is 10.1. The van der Waals surface area contributed by atoms with E-state index in [9.17, 15) is 14.4 Å². The second-order valence-corrected chi connectivity index (χ2v) is 10.3. The zero-order valence-electron chi connectivity index (χ0n) is 25.0. The van der Waals surface area contributed by atoms with Gasteiger partial charge in [0.1, 0.15) is 17.5 Å². The highest BCUT2D eigenvalue weighted by molar-refractivity contribution is 6.07. The standard InChI is InChI=1S/C32H38N8O4/c1-3-4-5-8-19-44-32(43)38-30(34)22-10-13-24(14-11-22)36-21-29-37-25-20-23(12-15-26(25)39(29)2)31(42)40(18-16-27(33)41)28-9-6-7-17-35-28/h6-7,9-15,17,20,36H,3-5,8,16,18-19,21H2,1-2H3,(H2,33,41)(H2,34,38,43). The topological polar surface area (TPSA) is 171 Å². The van der Waals surface area contributed by atoms with E-state index < -0.39 is 12.0 Å². The molecule has 12 nitrogen and oxygen atoms in total. The van der Waals surface area contributed by atoms with E-state index in [4.69, 9.17) is 21.2 Å². The van der Waals surface area contributed by atoms with Gasteiger partial charge in [-0.2, -0.15) is 4.99 Å². The lowest BCUT2D eigenvalue weighted by Gasteiger charge is -2.21. The van der Waals surface area contributed by atoms with Crippen LogP contribution in [-0.4, -0.2) is 51.4 Å². The number of amides is 3. The number of aliphatic imine (C=N–C) groups is 1. The fourth-order valence-electron chi connectivity index (χ4n) is 4.58. The number of fused-ring (bicyclic) bond motifs is 1. The van der Waals surface area contributed by atoms with Gasteiger partial charge in [0, 0.05) is 43.0 Å². The molecule has 0 saturated carbocycles. The van der Waals surface area contributed by atoms with Crippen molar-refractivity contribution in [1.29, 1.82) is 0 Å². The number of benzene rings is 2. The van der Waals surface area contributed by atoms with E-state index in [2.05, 4.69) is 22.2 Å². The number of aromatic nitrogens is 3. The first-order valence-electron chi connectivity index (χ1n) is 14.6. The largest absolute Gasteiger partial charge is 0.448 e. The number of anilines is 2. The number of imidazole rings is 1. The van der Waals surface area contributed by atoms with Crippen LogP contribution in [0.1, 0.15) is 60.8 Å². The first kappa shape index (κ1) is 31.7. The molecule has 3 amide bonds. The van der Waals surface area contributed by atoms with Gasteiger partial charge >= 0.3 is 6.09 Å². The molecule has 0 unspecified atom stereocenters. The monoisotopic (exact) mass is 598 g/mol. The highest BCUT2D eigenvalue weighted by Gasteiger charge is 2.21. The van der Waals surface area contributed by atoms with Crippen molar-refractivity contribution in [3.8, 4) is 0 Å². The highest BCUT2D eigenvalue weighted by Crippen LogP contribution is 2.21. The Morgan fingerprint density at radius 1 is 1.00 bits per heavy atom. The third kappa shape index (κ3) is 8.40. The summed E-state index contributed by atoms with van der Waals surface area (Å²) < 4.78 is 7.08. The van der Waals surface area contributed by atoms with Crippen molar-refractivity contribution in [1.82, 2.24) is 14.5 Å². The molecule has 2 heterocycles. The number of unbranched alkanes of at least 4 members (excludes halogenated alkanes) is 3. The van der Waals surface area contributed by atoms with Gasteiger partial charge in [-0.3, -0.25) is 14.5 Å². The number of amidine groups is 1. The number of nitrogens with two attached hydrogens (primary N) is 2. The van der Waals surface area contributed by atoms with Crippen molar-refractivity contribution in [2.24, 2.45) is 23.5 Å². The molecule has 2 aromatic carbocycles. The summed E-state index contributed by atoms with van der Waals surface area (Å²) in [6.45, 7) is 2.98. The van der Waals surface area contributed by atoms with E-state index in [-0.39, 0.29) is 24.7 Å². The van der Waals surface area contributed by atoms with Gasteiger partial charge in [-0.05, 0) is 61.0 Å². The van der Waals surface area contributed by atoms with Crippen LogP contribution in [-0.2, 0) is 23.1 Å². The summed E-state index contributed by atoms with van der Waals surface area (Å²) in [7, 11) is 1.91. The third-order valence-corrected chi connectivity index (χ3v) is 7.04. The summed E-state index contributed by atoms with van der Waals surface area (Å²) >= 11 is 0. The smallest absolute Gasteiger partial charge is 0.435 e. The van der Waals surface area contributed by atoms with Gasteiger partial charge in [0.05, 0.1) is 24.2 Å². The Labute approximate surface area is 256 Å². The summed E-state index contributed by atoms with van der Waals surface area (Å²) in [6.07, 6.45) is 4.94. The van der Waals surface area contributed by atoms with Gasteiger partial charge in [0.2, 0.25) is 5.91 Å². The molecule has 0 radical (unpaired) electrons. The van der Waals surface area contributed by atoms with Gasteiger partial charge in [0.25, 0.3) is 5.91 Å². The molecule has 12 heteroatoms. The number of nitrogens with one attached hydrogen (secondary N) is 1. The molecule has 4 rings (SSSR count). The van der Waals surface area contributed by atoms with Crippen LogP contribution in [0.5, 0.6) is 0 Å². The van der Waals surface area contributed by atoms with Crippen molar-refractivity contribution in [2.45, 2.75) is 45.6 Å². The number of carbonyl (C=O) groups is 3. The SMILES string of the molecule is CCCCCCOC(=O)/N=C(/N)c1ccc(NCc2nc3cc(C(=O)N(CCC(N)=O)c4ccccn4)ccc3n2C)cc1. The van der Waals surface area contributed by atoms with Crippen molar-refractivity contribution in [3.63, 3.8) is 0 Å². The van der Waals surface area contributed by atoms with Crippen LogP contribution >= 0.6 is 0 Å². The van der Waals surface area contributed by atoms with Gasteiger partial charge in [0.15, 0.2) is 0 Å². The Balaban J connectivity index is 1.40. The third-order valence-electron chi connectivity index (χ3n) is 7.04. The fraction of sp³-hybridized carbons (Fsp3) is 0.312. The van der Waals surface area contributed by atoms with E-state index in [1.165, 1.54) is 4.90 Å². The lowest BCUT2D eigenvalue weighted by Crippen LogP contribution is -2.34. The minimum atomic E-state index is -0.692. The molecule has 2 aromatic heterocycles. The minimum Gasteiger partial charge on any atom is -0.448 e. The second kappa shape index (κ2) is 15.3. The maximum atomic E-state index is 13.5. The molecule has 0 aliphatic heterocycles. The predicted octanol–water partition coefficient (Wildman–Crippen LogP) is 4.52. The Kier molecular flexibility index (Phi) is 11.0. The number of carbonyl (C=O) groups excluding carboxylic acids is 3. The maximum Gasteiger partial charge on any atom is 0.435 e. The molecule has 0 aliphatic rings. The van der Waals surface area contributed by atoms with Crippen molar-refractivity contribution in [3.05, 3.63) is 83.8 Å². The lowest BCUT2D eigenvalue weighted by molar-refractivity contribution is -0.117. The van der Waals surface area contributed by atoms with Gasteiger partial charge in [-0.1, -0.05) is 32.3 Å². The zero-order chi connectivity index (χ0) is 31.5. The normalized spacial score (nSPS) is 11.4. The highest BCUT2D eigenvalue weighted by atomic mass is 16.5. The number of hydrogen-bond donors (Lipinski definition) is 3. The number of aryl methyl sites for hydroxylation is 1. The first-order valence-corrected chi connectivity index (χ1v) is 14.6. The fourth-order valence-corrected chi connectivity index (χ4v) is 4.58. The number of ether oxygens (including phenoxy) is 1. The van der Waals surface area contributed by atoms with Crippen LogP contribution in [0, 0.1) is 0 Å². The molecule has 0 fully saturated rings. The quantitative estimate of drug-likeness (QED) is 0.108. The summed E-state index contributed by atoms with van der Waals surface area (Å²) in [6, 6.07) is 17.8. The number of rotatable bonds is 14. The summed E-state index contributed by atoms with van der Waals surface area (Å²) in [5, 5.41) is 3.34. The summed E-state index contributed by atoms with van der Waals surface area (Å²) in [5.74, 6) is 0.469. The number of hydrogen-bond acceptors (Lipinski definition) is 7. The Morgan fingerprint density at radius 3 is 2.48 bits per heavy atom. The predicted molar refractivity (Wildman–Crippen MR) is 170 cm³/mol. The zero-order valence-corrected chi connectivity index (χ0v) is 25.0. The summed E-state index contributed by atoms with van der Waals surface area (Å²) in [4.78, 5) is 51.1. The Bertz CT molecular complexity index is 1620. The maximum absolute atomic E-state index is 13.5. The molecule has 0 aliphatic carbocycles. The Hall–Kier alpha value is -5.26. The summed E-state index contributed by atoms with van der Waals surface area (Å²) in [5.41, 5.74) is 14.7. The van der Waals surface area contributed by atoms with E-state index in [1.54, 1.807) is 48.7 Å². The second-order valence-electron chi connectivity index (χ2n) is 10.3. The van der Waals surface area contributed by atoms with E-state index in [1.807, 2.05) is 29.8 Å². The number of nitrogens with zero attached hydrogens (tertiary/aromatic N) is 5. The van der Waals surface area contributed by atoms with Gasteiger partial charge in [-0.15, -0.1) is 0 Å². The number of primary amides is 1. The van der Waals surface area contributed by atoms with Crippen molar-refractivity contribution >= 4 is 46.3 Å².